The van der Waals surface area contributed by atoms with Gasteiger partial charge in [0.15, 0.2) is 8.32 Å². The molecule has 0 radical (unpaired) electrons. The number of nitrogens with zero attached hydrogens (tertiary/aromatic N) is 1. The summed E-state index contributed by atoms with van der Waals surface area (Å²) in [7, 11) is -2.34. The lowest BCUT2D eigenvalue weighted by Crippen LogP contribution is -2.51. The van der Waals surface area contributed by atoms with E-state index in [0.717, 1.165) is 23.7 Å². The highest BCUT2D eigenvalue weighted by Gasteiger charge is 2.47. The predicted octanol–water partition coefficient (Wildman–Crippen LogP) is 11.8. The first-order chi connectivity index (χ1) is 27.2. The zero-order valence-corrected chi connectivity index (χ0v) is 41.2. The summed E-state index contributed by atoms with van der Waals surface area (Å²) in [5.41, 5.74) is 0.800. The van der Waals surface area contributed by atoms with Crippen LogP contribution in [0.3, 0.4) is 0 Å². The molecular formula is C39H57Cl6NO11SSi. The highest BCUT2D eigenvalue weighted by Crippen LogP contribution is 2.38. The Labute approximate surface area is 382 Å². The fourth-order valence-corrected chi connectivity index (χ4v) is 10.0. The van der Waals surface area contributed by atoms with Gasteiger partial charge in [0, 0.05) is 10.8 Å². The average Bonchev–Trinajstić information content (AvgIpc) is 3.60. The summed E-state index contributed by atoms with van der Waals surface area (Å²) in [5, 5.41) is 22.9. The molecule has 0 aromatic carbocycles. The van der Waals surface area contributed by atoms with E-state index < -0.39 is 83.0 Å². The third kappa shape index (κ3) is 20.9. The van der Waals surface area contributed by atoms with Crippen molar-refractivity contribution in [3.63, 3.8) is 0 Å². The maximum Gasteiger partial charge on any atom is 0.508 e. The number of allylic oxidation sites excluding steroid dienone is 3. The van der Waals surface area contributed by atoms with Crippen LogP contribution in [-0.4, -0.2) is 86.7 Å². The Hall–Kier alpha value is -1.59. The number of aliphatic carboxylic acids is 1. The molecule has 1 rings (SSSR count). The fourth-order valence-electron chi connectivity index (χ4n) is 6.04. The summed E-state index contributed by atoms with van der Waals surface area (Å²) < 4.78 is 23.5. The Bertz CT molecular complexity index is 1610. The number of carbonyl (C=O) groups is 4. The Morgan fingerprint density at radius 3 is 1.98 bits per heavy atom. The van der Waals surface area contributed by atoms with Crippen molar-refractivity contribution in [2.75, 3.05) is 13.2 Å². The molecule has 1 aromatic rings. The number of hydrogen-bond acceptors (Lipinski definition) is 12. The lowest BCUT2D eigenvalue weighted by Gasteiger charge is -2.42. The third-order valence-corrected chi connectivity index (χ3v) is 16.0. The van der Waals surface area contributed by atoms with Gasteiger partial charge in [-0.15, -0.1) is 11.3 Å². The van der Waals surface area contributed by atoms with Crippen molar-refractivity contribution in [1.29, 1.82) is 0 Å². The van der Waals surface area contributed by atoms with Crippen molar-refractivity contribution < 1.29 is 52.8 Å². The number of carboxylic acid groups (broad SMARTS) is 1. The Morgan fingerprint density at radius 1 is 0.898 bits per heavy atom. The SMILES string of the molecule is CC[Si](CC)(CC)O[C@@H](CC(=O)O)C(C)(C)C(=O)[C@H](C)[C@@H](OC(=O)OCC(Cl)(Cl)Cl)[C@@H](C)C/C=C/C(C)=C\C[C@H](O)/C(C)=C/c1csc(COC(=O)OCC(Cl)(Cl)Cl)n1. The minimum Gasteiger partial charge on any atom is -0.481 e. The first-order valence-corrected chi connectivity index (χ1v) is 24.7. The number of ether oxygens (including phenoxy) is 4. The van der Waals surface area contributed by atoms with Gasteiger partial charge in [0.2, 0.25) is 7.59 Å². The number of carboxylic acids is 1. The number of thiazole rings is 1. The van der Waals surface area contributed by atoms with Crippen LogP contribution in [0.5, 0.6) is 0 Å². The van der Waals surface area contributed by atoms with E-state index in [1.165, 1.54) is 11.3 Å². The number of halogens is 6. The van der Waals surface area contributed by atoms with Crippen LogP contribution in [0.4, 0.5) is 9.59 Å². The van der Waals surface area contributed by atoms with Gasteiger partial charge in [-0.05, 0) is 62.4 Å². The molecule has 0 aliphatic carbocycles. The second-order valence-corrected chi connectivity index (χ2v) is 25.6. The van der Waals surface area contributed by atoms with E-state index in [4.69, 9.17) is 93.0 Å². The first kappa shape index (κ1) is 55.4. The number of aromatic nitrogens is 1. The van der Waals surface area contributed by atoms with E-state index in [0.29, 0.717) is 29.1 Å². The summed E-state index contributed by atoms with van der Waals surface area (Å²) >= 11 is 35.3. The molecule has 1 aromatic heterocycles. The molecule has 0 amide bonds. The number of carbonyl (C=O) groups excluding carboxylic acids is 3. The van der Waals surface area contributed by atoms with Gasteiger partial charge in [0.1, 0.15) is 36.7 Å². The summed E-state index contributed by atoms with van der Waals surface area (Å²) in [5.74, 6) is -2.76. The quantitative estimate of drug-likeness (QED) is 0.0436. The standard InChI is InChI=1S/C39H57Cl6NO11SSi/c1-10-59(11-2,12-3)57-30(19-32(48)49)37(8,9)34(50)27(7)33(56-36(52)55-23-39(43,44)45)25(5)15-13-14-24(4)16-17-29(47)26(6)18-28-21-58-31(46-28)20-53-35(51)54-22-38(40,41)42/h13-14,16,18,21,25,27,29-30,33,47H,10-12,15,17,19-20,22-23H2,1-9H3,(H,48,49)/b14-13+,24-16-,26-18+/t25-,27+,29-,30-,33-/m0/s1. The first-order valence-electron chi connectivity index (χ1n) is 19.0. The Balaban J connectivity index is 3.12. The van der Waals surface area contributed by atoms with Crippen LogP contribution in [0.25, 0.3) is 6.08 Å². The summed E-state index contributed by atoms with van der Waals surface area (Å²) in [6.07, 6.45) is 2.71. The van der Waals surface area contributed by atoms with Crippen molar-refractivity contribution in [3.05, 3.63) is 45.5 Å². The Kier molecular flexibility index (Phi) is 24.0. The van der Waals surface area contributed by atoms with Gasteiger partial charge in [-0.25, -0.2) is 14.6 Å². The largest absolute Gasteiger partial charge is 0.508 e. The molecule has 20 heteroatoms. The third-order valence-electron chi connectivity index (χ3n) is 9.87. The summed E-state index contributed by atoms with van der Waals surface area (Å²) in [4.78, 5) is 55.3. The number of aliphatic hydroxyl groups excluding tert-OH is 1. The molecule has 0 saturated heterocycles. The zero-order valence-electron chi connectivity index (χ0n) is 34.8. The number of rotatable bonds is 24. The van der Waals surface area contributed by atoms with Crippen molar-refractivity contribution in [2.45, 2.75) is 132 Å². The number of alkyl halides is 6. The van der Waals surface area contributed by atoms with Gasteiger partial charge in [0.05, 0.1) is 30.2 Å². The smallest absolute Gasteiger partial charge is 0.481 e. The van der Waals surface area contributed by atoms with Crippen LogP contribution < -0.4 is 0 Å². The van der Waals surface area contributed by atoms with Crippen molar-refractivity contribution >= 4 is 119 Å². The minimum atomic E-state index is -2.34. The van der Waals surface area contributed by atoms with E-state index in [9.17, 15) is 29.4 Å². The molecule has 2 N–H and O–H groups in total. The van der Waals surface area contributed by atoms with Crippen molar-refractivity contribution in [1.82, 2.24) is 4.98 Å². The molecule has 336 valence electrons. The second-order valence-electron chi connectivity index (χ2n) is 14.9. The van der Waals surface area contributed by atoms with Crippen LogP contribution >= 0.6 is 80.9 Å². The number of hydrogen-bond donors (Lipinski definition) is 2. The molecule has 0 unspecified atom stereocenters. The molecule has 1 heterocycles. The highest BCUT2D eigenvalue weighted by molar-refractivity contribution is 7.09. The van der Waals surface area contributed by atoms with E-state index in [2.05, 4.69) is 4.98 Å². The predicted molar refractivity (Wildman–Crippen MR) is 238 cm³/mol. The van der Waals surface area contributed by atoms with Gasteiger partial charge in [-0.3, -0.25) is 9.59 Å². The van der Waals surface area contributed by atoms with E-state index >= 15 is 0 Å². The van der Waals surface area contributed by atoms with Crippen molar-refractivity contribution in [2.24, 2.45) is 17.3 Å². The Morgan fingerprint density at radius 2 is 1.46 bits per heavy atom. The lowest BCUT2D eigenvalue weighted by atomic mass is 9.73. The maximum atomic E-state index is 14.3. The zero-order chi connectivity index (χ0) is 45.4. The molecule has 0 saturated carbocycles. The lowest BCUT2D eigenvalue weighted by molar-refractivity contribution is -0.147. The molecule has 0 bridgehead atoms. The second kappa shape index (κ2) is 25.5. The van der Waals surface area contributed by atoms with Crippen molar-refractivity contribution in [3.8, 4) is 0 Å². The van der Waals surface area contributed by atoms with Gasteiger partial charge in [-0.2, -0.15) is 0 Å². The molecular weight excluding hydrogens is 931 g/mol. The molecule has 0 aliphatic heterocycles. The molecule has 59 heavy (non-hydrogen) atoms. The van der Waals surface area contributed by atoms with Crippen LogP contribution in [0.15, 0.2) is 34.8 Å². The molecule has 5 atom stereocenters. The summed E-state index contributed by atoms with van der Waals surface area (Å²) in [6.45, 7) is 15.3. The molecule has 0 aliphatic rings. The van der Waals surface area contributed by atoms with Gasteiger partial charge < -0.3 is 33.6 Å². The highest BCUT2D eigenvalue weighted by atomic mass is 35.6. The van der Waals surface area contributed by atoms with Crippen LogP contribution in [0, 0.1) is 17.3 Å². The monoisotopic (exact) mass is 985 g/mol. The average molecular weight is 989 g/mol. The molecule has 0 spiro atoms. The van der Waals surface area contributed by atoms with E-state index in [1.807, 2.05) is 52.8 Å². The van der Waals surface area contributed by atoms with Crippen LogP contribution in [-0.2, 0) is 39.6 Å². The minimum absolute atomic E-state index is 0.145. The van der Waals surface area contributed by atoms with Gasteiger partial charge in [0.25, 0.3) is 0 Å². The number of Topliss-reactive ketones (excluding diaryl/α,β-unsaturated/α-hetero) is 1. The van der Waals surface area contributed by atoms with Gasteiger partial charge >= 0.3 is 18.3 Å². The van der Waals surface area contributed by atoms with Crippen LogP contribution in [0.1, 0.15) is 92.3 Å². The van der Waals surface area contributed by atoms with E-state index in [1.54, 1.807) is 39.2 Å². The van der Waals surface area contributed by atoms with E-state index in [-0.39, 0.29) is 18.8 Å². The topological polar surface area (TPSA) is 168 Å². The molecule has 12 nitrogen and oxygen atoms in total. The maximum absolute atomic E-state index is 14.3. The molecule has 0 fully saturated rings. The number of aliphatic hydroxyl groups is 1. The summed E-state index contributed by atoms with van der Waals surface area (Å²) in [6, 6.07) is 2.29. The normalized spacial score (nSPS) is 15.9. The van der Waals surface area contributed by atoms with Crippen LogP contribution in [0.2, 0.25) is 18.1 Å². The number of ketones is 1. The fraction of sp³-hybridized carbons (Fsp3) is 0.667. The van der Waals surface area contributed by atoms with Gasteiger partial charge in [-0.1, -0.05) is 142 Å².